The van der Waals surface area contributed by atoms with Gasteiger partial charge in [0.2, 0.25) is 0 Å². The smallest absolute Gasteiger partial charge is 1.00 e. The predicted molar refractivity (Wildman–Crippen MR) is 152 cm³/mol. The van der Waals surface area contributed by atoms with E-state index in [0.717, 1.165) is 27.3 Å². The number of rotatable bonds is 8. The third-order valence-corrected chi connectivity index (χ3v) is 19.5. The monoisotopic (exact) mass is 624 g/mol. The maximum atomic E-state index is 2.68. The van der Waals surface area contributed by atoms with Crippen LogP contribution in [-0.4, -0.2) is 3.21 Å². The average Bonchev–Trinajstić information content (AvgIpc) is 3.58. The molecule has 0 heterocycles. The third-order valence-electron chi connectivity index (χ3n) is 10.2. The molecule has 0 aliphatic heterocycles. The van der Waals surface area contributed by atoms with Crippen molar-refractivity contribution in [3.63, 3.8) is 0 Å². The minimum Gasteiger partial charge on any atom is -1.00 e. The first-order valence-corrected chi connectivity index (χ1v) is 18.8. The Morgan fingerprint density at radius 1 is 0.632 bits per heavy atom. The molecule has 38 heavy (non-hydrogen) atoms. The molecular weight excluding hydrogens is 583 g/mol. The molecule has 0 aromatic heterocycles. The second-order valence-electron chi connectivity index (χ2n) is 12.0. The van der Waals surface area contributed by atoms with Crippen LogP contribution in [0.3, 0.4) is 0 Å². The number of hydrogen-bond acceptors (Lipinski definition) is 0. The largest absolute Gasteiger partial charge is 1.00 e. The zero-order valence-electron chi connectivity index (χ0n) is 23.1. The van der Waals surface area contributed by atoms with E-state index in [9.17, 15) is 0 Å². The van der Waals surface area contributed by atoms with Crippen molar-refractivity contribution in [3.05, 3.63) is 94.4 Å². The van der Waals surface area contributed by atoms with Gasteiger partial charge in [0, 0.05) is 0 Å². The van der Waals surface area contributed by atoms with Gasteiger partial charge in [-0.1, -0.05) is 0 Å². The molecule has 0 spiro atoms. The first kappa shape index (κ1) is 30.2. The van der Waals surface area contributed by atoms with Gasteiger partial charge >= 0.3 is 229 Å². The summed E-state index contributed by atoms with van der Waals surface area (Å²) < 4.78 is 4.90. The van der Waals surface area contributed by atoms with Gasteiger partial charge in [-0.3, -0.25) is 0 Å². The normalized spacial score (nSPS) is 36.2. The molecule has 0 N–H and O–H groups in total. The number of fused-ring (bicyclic) bond motifs is 8. The SMILES string of the molecule is CCCC[C](CCCC)=[Zr+2]([C]1=CC=CC1)[CH]1C2C=CC=CC2C2C3C=CC=CC3C3C=CC=CC3C21.[Cl-].[Cl-]. The van der Waals surface area contributed by atoms with Crippen molar-refractivity contribution in [1.82, 2.24) is 0 Å². The summed E-state index contributed by atoms with van der Waals surface area (Å²) in [5.41, 5.74) is 0. The van der Waals surface area contributed by atoms with Gasteiger partial charge in [-0.15, -0.1) is 0 Å². The van der Waals surface area contributed by atoms with Crippen LogP contribution in [0.5, 0.6) is 0 Å². The Bertz CT molecular complexity index is 1100. The molecule has 2 saturated carbocycles. The molecule has 6 rings (SSSR count). The third kappa shape index (κ3) is 5.43. The Hall–Kier alpha value is -0.747. The summed E-state index contributed by atoms with van der Waals surface area (Å²) in [5.74, 6) is 5.83. The summed E-state index contributed by atoms with van der Waals surface area (Å²) in [7, 11) is 0. The van der Waals surface area contributed by atoms with E-state index in [-0.39, 0.29) is 24.8 Å². The van der Waals surface area contributed by atoms with Crippen molar-refractivity contribution in [2.75, 3.05) is 0 Å². The maximum absolute atomic E-state index is 2.68. The van der Waals surface area contributed by atoms with Crippen LogP contribution in [0.15, 0.2) is 94.4 Å². The number of halogens is 2. The molecule has 3 heteroatoms. The summed E-state index contributed by atoms with van der Waals surface area (Å²) in [6.45, 7) is 4.78. The Kier molecular flexibility index (Phi) is 10.9. The fourth-order valence-corrected chi connectivity index (χ4v) is 19.7. The molecule has 0 nitrogen and oxygen atoms in total. The number of unbranched alkanes of at least 4 members (excludes halogenated alkanes) is 2. The number of hydrogen-bond donors (Lipinski definition) is 0. The van der Waals surface area contributed by atoms with Gasteiger partial charge in [-0.2, -0.15) is 0 Å². The molecular formula is C35H44Cl2Zr. The second-order valence-corrected chi connectivity index (χ2v) is 19.0. The quantitative estimate of drug-likeness (QED) is 0.389. The van der Waals surface area contributed by atoms with Crippen LogP contribution in [0, 0.1) is 47.3 Å². The van der Waals surface area contributed by atoms with Gasteiger partial charge in [-0.05, 0) is 0 Å². The van der Waals surface area contributed by atoms with E-state index in [1.165, 1.54) is 44.9 Å². The Balaban J connectivity index is 0.00000168. The van der Waals surface area contributed by atoms with Crippen molar-refractivity contribution < 1.29 is 46.1 Å². The van der Waals surface area contributed by atoms with Crippen LogP contribution in [0.1, 0.15) is 58.8 Å². The average molecular weight is 627 g/mol. The van der Waals surface area contributed by atoms with Crippen LogP contribution in [0.25, 0.3) is 0 Å². The molecule has 6 aliphatic carbocycles. The molecule has 2 fully saturated rings. The van der Waals surface area contributed by atoms with E-state index in [1.54, 1.807) is 0 Å². The second kappa shape index (κ2) is 13.7. The van der Waals surface area contributed by atoms with Crippen LogP contribution in [0.4, 0.5) is 0 Å². The summed E-state index contributed by atoms with van der Waals surface area (Å²) in [5, 5.41) is 0. The molecule has 0 aromatic carbocycles. The molecule has 9 atom stereocenters. The number of allylic oxidation sites excluding steroid dienone is 16. The Morgan fingerprint density at radius 3 is 1.61 bits per heavy atom. The van der Waals surface area contributed by atoms with Crippen LogP contribution in [0.2, 0.25) is 3.63 Å². The fourth-order valence-electron chi connectivity index (χ4n) is 8.85. The van der Waals surface area contributed by atoms with Gasteiger partial charge in [-0.25, -0.2) is 0 Å². The van der Waals surface area contributed by atoms with E-state index >= 15 is 0 Å². The molecule has 0 saturated heterocycles. The van der Waals surface area contributed by atoms with Crippen molar-refractivity contribution >= 4 is 3.21 Å². The summed E-state index contributed by atoms with van der Waals surface area (Å²) in [4.78, 5) is 0. The molecule has 0 bridgehead atoms. The van der Waals surface area contributed by atoms with E-state index < -0.39 is 21.3 Å². The minimum absolute atomic E-state index is 0. The van der Waals surface area contributed by atoms with Gasteiger partial charge < -0.3 is 24.8 Å². The summed E-state index contributed by atoms with van der Waals surface area (Å²) >= 11 is -2.09. The van der Waals surface area contributed by atoms with Crippen molar-refractivity contribution in [2.24, 2.45) is 47.3 Å². The molecule has 6 aliphatic rings. The molecule has 0 radical (unpaired) electrons. The van der Waals surface area contributed by atoms with Crippen molar-refractivity contribution in [2.45, 2.75) is 62.4 Å². The first-order valence-electron chi connectivity index (χ1n) is 15.0. The molecule has 9 unspecified atom stereocenters. The first-order chi connectivity index (χ1) is 17.8. The molecule has 202 valence electrons. The Morgan fingerprint density at radius 2 is 1.11 bits per heavy atom. The van der Waals surface area contributed by atoms with Gasteiger partial charge in [0.1, 0.15) is 0 Å². The topological polar surface area (TPSA) is 0 Å². The van der Waals surface area contributed by atoms with Crippen LogP contribution < -0.4 is 24.8 Å². The summed E-state index contributed by atoms with van der Waals surface area (Å²) in [6.07, 6.45) is 47.0. The molecule has 0 aromatic rings. The van der Waals surface area contributed by atoms with Crippen molar-refractivity contribution in [1.29, 1.82) is 0 Å². The zero-order chi connectivity index (χ0) is 24.5. The zero-order valence-corrected chi connectivity index (χ0v) is 27.0. The van der Waals surface area contributed by atoms with Crippen LogP contribution in [-0.2, 0) is 21.3 Å². The minimum atomic E-state index is -2.09. The summed E-state index contributed by atoms with van der Waals surface area (Å²) in [6, 6.07) is 0. The van der Waals surface area contributed by atoms with Crippen LogP contribution >= 0.6 is 0 Å². The van der Waals surface area contributed by atoms with E-state index in [0.29, 0.717) is 23.7 Å². The van der Waals surface area contributed by atoms with Gasteiger partial charge in [0.25, 0.3) is 0 Å². The van der Waals surface area contributed by atoms with Crippen molar-refractivity contribution in [3.8, 4) is 0 Å². The van der Waals surface area contributed by atoms with Gasteiger partial charge in [0.05, 0.1) is 0 Å². The Labute approximate surface area is 251 Å². The predicted octanol–water partition coefficient (Wildman–Crippen LogP) is 3.13. The maximum Gasteiger partial charge on any atom is -1.00 e. The molecule has 0 amide bonds. The standard InChI is InChI=1S/C21H21.C9H18.C5H5.2ClH.Zr/c1-2-8-15-14(7-1)13-20-18-11-4-3-9-16(18)17-10-5-6-12-19(17)21(15)20;1-3-5-7-9-8-6-4-2;1-2-4-5-3-1;;;/h1-21H;3-8H2,1-2H3;1-3H,4H2;2*1H;/q;;;;;+2/p-2. The van der Waals surface area contributed by atoms with E-state index in [4.69, 9.17) is 0 Å². The van der Waals surface area contributed by atoms with E-state index in [1.807, 2.05) is 3.28 Å². The van der Waals surface area contributed by atoms with E-state index in [2.05, 4.69) is 108 Å². The fraction of sp³-hybridized carbons (Fsp3) is 0.514. The van der Waals surface area contributed by atoms with Gasteiger partial charge in [0.15, 0.2) is 0 Å².